The van der Waals surface area contributed by atoms with Crippen molar-refractivity contribution in [2.24, 2.45) is 5.92 Å². The summed E-state index contributed by atoms with van der Waals surface area (Å²) >= 11 is 0. The van der Waals surface area contributed by atoms with Crippen LogP contribution in [0, 0.1) is 5.92 Å². The monoisotopic (exact) mass is 415 g/mol. The van der Waals surface area contributed by atoms with E-state index in [1.165, 1.54) is 16.8 Å². The average Bonchev–Trinajstić information content (AvgIpc) is 2.76. The highest BCUT2D eigenvalue weighted by Gasteiger charge is 2.31. The van der Waals surface area contributed by atoms with Crippen LogP contribution in [0.5, 0.6) is 0 Å². The average molecular weight is 415 g/mol. The van der Waals surface area contributed by atoms with Gasteiger partial charge in [-0.1, -0.05) is 0 Å². The molecule has 3 aromatic heterocycles. The van der Waals surface area contributed by atoms with Crippen LogP contribution >= 0.6 is 0 Å². The van der Waals surface area contributed by atoms with Crippen LogP contribution in [0.2, 0.25) is 0 Å². The number of pyridine rings is 2. The van der Waals surface area contributed by atoms with Crippen LogP contribution in [0.1, 0.15) is 18.4 Å². The molecular weight excluding hydrogens is 395 g/mol. The lowest BCUT2D eigenvalue weighted by molar-refractivity contribution is -0.137. The van der Waals surface area contributed by atoms with Crippen LogP contribution in [-0.4, -0.2) is 32.8 Å². The number of halogens is 3. The smallest absolute Gasteiger partial charge is 0.357 e. The molecule has 30 heavy (non-hydrogen) atoms. The van der Waals surface area contributed by atoms with Crippen molar-refractivity contribution in [1.29, 1.82) is 0 Å². The second-order valence-corrected chi connectivity index (χ2v) is 7.31. The summed E-state index contributed by atoms with van der Waals surface area (Å²) in [6, 6.07) is 9.37. The van der Waals surface area contributed by atoms with E-state index >= 15 is 0 Å². The van der Waals surface area contributed by atoms with E-state index in [0.29, 0.717) is 31.1 Å². The van der Waals surface area contributed by atoms with Crippen LogP contribution < -0.4 is 10.5 Å². The van der Waals surface area contributed by atoms with E-state index in [-0.39, 0.29) is 11.5 Å². The van der Waals surface area contributed by atoms with E-state index in [1.807, 2.05) is 17.0 Å². The highest BCUT2D eigenvalue weighted by Crippen LogP contribution is 2.30. The number of alkyl halides is 3. The normalized spacial score (nSPS) is 15.4. The molecule has 4 rings (SSSR count). The summed E-state index contributed by atoms with van der Waals surface area (Å²) in [7, 11) is 0. The summed E-state index contributed by atoms with van der Waals surface area (Å²) in [5, 5.41) is 4.49. The van der Waals surface area contributed by atoms with E-state index in [4.69, 9.17) is 0 Å². The Morgan fingerprint density at radius 1 is 1.00 bits per heavy atom. The molecule has 3 aromatic rings. The first kappa shape index (κ1) is 20.1. The highest BCUT2D eigenvalue weighted by atomic mass is 19.4. The third kappa shape index (κ3) is 4.50. The van der Waals surface area contributed by atoms with Gasteiger partial charge in [-0.15, -0.1) is 0 Å². The molecule has 156 valence electrons. The lowest BCUT2D eigenvalue weighted by atomic mass is 9.97. The highest BCUT2D eigenvalue weighted by molar-refractivity contribution is 5.57. The molecule has 0 aliphatic carbocycles. The van der Waals surface area contributed by atoms with E-state index in [9.17, 15) is 18.0 Å². The molecule has 1 aliphatic heterocycles. The molecule has 0 saturated carbocycles. The van der Waals surface area contributed by atoms with Gasteiger partial charge < -0.3 is 4.90 Å². The number of piperidine rings is 1. The van der Waals surface area contributed by atoms with Gasteiger partial charge in [0.15, 0.2) is 0 Å². The topological polar surface area (TPSA) is 63.9 Å². The van der Waals surface area contributed by atoms with Crippen molar-refractivity contribution in [3.05, 3.63) is 70.9 Å². The SMILES string of the molecule is O=c1ccc(-c2ccncc2)nn1CC1CCN(c2ccc(C(F)(F)F)cn2)CC1. The minimum Gasteiger partial charge on any atom is -0.357 e. The van der Waals surface area contributed by atoms with Gasteiger partial charge in [-0.05, 0) is 49.1 Å². The van der Waals surface area contributed by atoms with E-state index in [2.05, 4.69) is 15.1 Å². The Kier molecular flexibility index (Phi) is 5.52. The number of nitrogens with zero attached hydrogens (tertiary/aromatic N) is 5. The van der Waals surface area contributed by atoms with Crippen molar-refractivity contribution in [3.63, 3.8) is 0 Å². The predicted molar refractivity (Wildman–Crippen MR) is 106 cm³/mol. The molecule has 0 N–H and O–H groups in total. The van der Waals surface area contributed by atoms with Crippen molar-refractivity contribution < 1.29 is 13.2 Å². The molecule has 0 atom stereocenters. The maximum Gasteiger partial charge on any atom is 0.417 e. The van der Waals surface area contributed by atoms with Crippen molar-refractivity contribution in [2.75, 3.05) is 18.0 Å². The molecule has 4 heterocycles. The fraction of sp³-hybridized carbons (Fsp3) is 0.333. The summed E-state index contributed by atoms with van der Waals surface area (Å²) in [6.45, 7) is 1.84. The lowest BCUT2D eigenvalue weighted by Gasteiger charge is -2.33. The Bertz CT molecular complexity index is 1040. The van der Waals surface area contributed by atoms with Gasteiger partial charge in [0, 0.05) is 49.9 Å². The number of hydrogen-bond acceptors (Lipinski definition) is 5. The summed E-state index contributed by atoms with van der Waals surface area (Å²) in [5.41, 5.74) is 0.700. The lowest BCUT2D eigenvalue weighted by Crippen LogP contribution is -2.37. The molecule has 0 radical (unpaired) electrons. The van der Waals surface area contributed by atoms with E-state index in [0.717, 1.165) is 30.7 Å². The summed E-state index contributed by atoms with van der Waals surface area (Å²) < 4.78 is 39.6. The summed E-state index contributed by atoms with van der Waals surface area (Å²) in [5.74, 6) is 0.796. The van der Waals surface area contributed by atoms with E-state index < -0.39 is 11.7 Å². The van der Waals surface area contributed by atoms with Crippen LogP contribution in [0.15, 0.2) is 59.8 Å². The Morgan fingerprint density at radius 3 is 2.37 bits per heavy atom. The number of hydrogen-bond donors (Lipinski definition) is 0. The maximum atomic E-state index is 12.7. The zero-order valence-electron chi connectivity index (χ0n) is 16.1. The molecule has 0 unspecified atom stereocenters. The van der Waals surface area contributed by atoms with Crippen LogP contribution in [-0.2, 0) is 12.7 Å². The molecule has 0 spiro atoms. The third-order valence-corrected chi connectivity index (χ3v) is 5.29. The summed E-state index contributed by atoms with van der Waals surface area (Å²) in [6.07, 6.45) is 1.45. The molecule has 1 aliphatic rings. The summed E-state index contributed by atoms with van der Waals surface area (Å²) in [4.78, 5) is 22.2. The van der Waals surface area contributed by atoms with Gasteiger partial charge in [-0.2, -0.15) is 18.3 Å². The van der Waals surface area contributed by atoms with Gasteiger partial charge in [0.2, 0.25) is 0 Å². The first-order valence-corrected chi connectivity index (χ1v) is 9.67. The molecule has 0 amide bonds. The third-order valence-electron chi connectivity index (χ3n) is 5.29. The Hall–Kier alpha value is -3.23. The Labute approximate surface area is 171 Å². The van der Waals surface area contributed by atoms with Gasteiger partial charge in [-0.3, -0.25) is 9.78 Å². The largest absolute Gasteiger partial charge is 0.417 e. The van der Waals surface area contributed by atoms with Crippen molar-refractivity contribution in [1.82, 2.24) is 19.7 Å². The van der Waals surface area contributed by atoms with Gasteiger partial charge in [0.1, 0.15) is 5.82 Å². The molecular formula is C21H20F3N5O. The molecule has 1 fully saturated rings. The van der Waals surface area contributed by atoms with Gasteiger partial charge in [0.05, 0.1) is 11.3 Å². The first-order chi connectivity index (χ1) is 14.4. The van der Waals surface area contributed by atoms with Crippen LogP contribution in [0.4, 0.5) is 19.0 Å². The minimum atomic E-state index is -4.39. The molecule has 9 heteroatoms. The fourth-order valence-corrected chi connectivity index (χ4v) is 3.59. The quantitative estimate of drug-likeness (QED) is 0.651. The number of anilines is 1. The molecule has 1 saturated heterocycles. The molecule has 0 bridgehead atoms. The van der Waals surface area contributed by atoms with Crippen molar-refractivity contribution in [3.8, 4) is 11.3 Å². The molecule has 6 nitrogen and oxygen atoms in total. The Balaban J connectivity index is 1.40. The Morgan fingerprint density at radius 2 is 1.73 bits per heavy atom. The predicted octanol–water partition coefficient (Wildman–Crippen LogP) is 3.64. The minimum absolute atomic E-state index is 0.153. The van der Waals surface area contributed by atoms with E-state index in [1.54, 1.807) is 18.5 Å². The fourth-order valence-electron chi connectivity index (χ4n) is 3.59. The second kappa shape index (κ2) is 8.25. The zero-order chi connectivity index (χ0) is 21.1. The van der Waals surface area contributed by atoms with Gasteiger partial charge in [0.25, 0.3) is 5.56 Å². The van der Waals surface area contributed by atoms with Crippen LogP contribution in [0.3, 0.4) is 0 Å². The number of aromatic nitrogens is 4. The van der Waals surface area contributed by atoms with Crippen molar-refractivity contribution >= 4 is 5.82 Å². The zero-order valence-corrected chi connectivity index (χ0v) is 16.1. The maximum absolute atomic E-state index is 12.7. The van der Waals surface area contributed by atoms with Gasteiger partial charge >= 0.3 is 6.18 Å². The van der Waals surface area contributed by atoms with Crippen LogP contribution in [0.25, 0.3) is 11.3 Å². The molecule has 0 aromatic carbocycles. The number of rotatable bonds is 4. The second-order valence-electron chi connectivity index (χ2n) is 7.31. The van der Waals surface area contributed by atoms with Gasteiger partial charge in [-0.25, -0.2) is 9.67 Å². The standard InChI is InChI=1S/C21H20F3N5O/c22-21(23,24)17-1-3-19(26-13-17)28-11-7-15(8-12-28)14-29-20(30)4-2-18(27-29)16-5-9-25-10-6-16/h1-6,9-10,13,15H,7-8,11-12,14H2. The first-order valence-electron chi connectivity index (χ1n) is 9.67. The van der Waals surface area contributed by atoms with Crippen molar-refractivity contribution in [2.45, 2.75) is 25.6 Å².